The molecule has 1 rings (SSSR count). The topological polar surface area (TPSA) is 44.7 Å². The van der Waals surface area contributed by atoms with Crippen LogP contribution in [0.2, 0.25) is 0 Å². The zero-order chi connectivity index (χ0) is 10.6. The summed E-state index contributed by atoms with van der Waals surface area (Å²) < 4.78 is 5.59. The van der Waals surface area contributed by atoms with E-state index in [4.69, 9.17) is 4.74 Å². The third-order valence-electron chi connectivity index (χ3n) is 2.88. The van der Waals surface area contributed by atoms with E-state index in [2.05, 4.69) is 17.1 Å². The maximum atomic E-state index is 9.49. The van der Waals surface area contributed by atoms with Crippen molar-refractivity contribution in [2.75, 3.05) is 33.3 Å². The van der Waals surface area contributed by atoms with E-state index >= 15 is 0 Å². The molecule has 1 aliphatic rings. The minimum atomic E-state index is -0.275. The number of likely N-dealkylation sites (N-methyl/N-ethyl adjacent to an activating group) is 1. The van der Waals surface area contributed by atoms with Gasteiger partial charge < -0.3 is 15.2 Å². The van der Waals surface area contributed by atoms with Gasteiger partial charge in [-0.25, -0.2) is 0 Å². The van der Waals surface area contributed by atoms with Crippen molar-refractivity contribution in [1.82, 2.24) is 10.2 Å². The normalized spacial score (nSPS) is 28.7. The van der Waals surface area contributed by atoms with Crippen LogP contribution in [0.25, 0.3) is 0 Å². The lowest BCUT2D eigenvalue weighted by Gasteiger charge is -2.37. The summed E-state index contributed by atoms with van der Waals surface area (Å²) in [6, 6.07) is 0.221. The highest BCUT2D eigenvalue weighted by molar-refractivity contribution is 4.79. The van der Waals surface area contributed by atoms with Crippen molar-refractivity contribution in [3.8, 4) is 0 Å². The summed E-state index contributed by atoms with van der Waals surface area (Å²) in [5.74, 6) is 0. The van der Waals surface area contributed by atoms with Crippen LogP contribution in [0, 0.1) is 0 Å². The molecule has 84 valence electrons. The average molecular weight is 202 g/mol. The second-order valence-corrected chi connectivity index (χ2v) is 4.03. The molecule has 0 aromatic carbocycles. The van der Waals surface area contributed by atoms with Crippen molar-refractivity contribution in [2.45, 2.75) is 32.1 Å². The Balaban J connectivity index is 2.39. The first-order valence-electron chi connectivity index (χ1n) is 5.33. The predicted molar refractivity (Wildman–Crippen MR) is 56.4 cm³/mol. The van der Waals surface area contributed by atoms with Crippen LogP contribution in [0.4, 0.5) is 0 Å². The Bertz CT molecular complexity index is 162. The van der Waals surface area contributed by atoms with Gasteiger partial charge in [0, 0.05) is 25.7 Å². The SMILES string of the molecule is CNCC1CN(C(C)C(C)O)CCO1. The van der Waals surface area contributed by atoms with Gasteiger partial charge in [0.05, 0.1) is 18.8 Å². The smallest absolute Gasteiger partial charge is 0.0826 e. The largest absolute Gasteiger partial charge is 0.392 e. The highest BCUT2D eigenvalue weighted by Gasteiger charge is 2.25. The molecule has 0 radical (unpaired) electrons. The molecule has 0 aromatic rings. The summed E-state index contributed by atoms with van der Waals surface area (Å²) in [5.41, 5.74) is 0. The van der Waals surface area contributed by atoms with Gasteiger partial charge in [-0.2, -0.15) is 0 Å². The first kappa shape index (κ1) is 11.9. The van der Waals surface area contributed by atoms with E-state index < -0.39 is 0 Å². The van der Waals surface area contributed by atoms with E-state index in [9.17, 15) is 5.11 Å². The number of hydrogen-bond acceptors (Lipinski definition) is 4. The number of hydrogen-bond donors (Lipinski definition) is 2. The van der Waals surface area contributed by atoms with Gasteiger partial charge in [0.2, 0.25) is 0 Å². The highest BCUT2D eigenvalue weighted by Crippen LogP contribution is 2.10. The fourth-order valence-corrected chi connectivity index (χ4v) is 1.77. The quantitative estimate of drug-likeness (QED) is 0.655. The van der Waals surface area contributed by atoms with Crippen molar-refractivity contribution in [1.29, 1.82) is 0 Å². The van der Waals surface area contributed by atoms with E-state index in [1.54, 1.807) is 0 Å². The average Bonchev–Trinajstić information content (AvgIpc) is 2.17. The van der Waals surface area contributed by atoms with Crippen LogP contribution in [-0.2, 0) is 4.74 Å². The Labute approximate surface area is 86.2 Å². The maximum Gasteiger partial charge on any atom is 0.0826 e. The van der Waals surface area contributed by atoms with Crippen LogP contribution < -0.4 is 5.32 Å². The Morgan fingerprint density at radius 1 is 1.57 bits per heavy atom. The van der Waals surface area contributed by atoms with Gasteiger partial charge in [0.25, 0.3) is 0 Å². The molecule has 1 aliphatic heterocycles. The number of rotatable bonds is 4. The van der Waals surface area contributed by atoms with Gasteiger partial charge in [-0.3, -0.25) is 4.90 Å². The number of aliphatic hydroxyl groups is 1. The van der Waals surface area contributed by atoms with Crippen molar-refractivity contribution in [2.24, 2.45) is 0 Å². The van der Waals surface area contributed by atoms with Crippen LogP contribution in [0.15, 0.2) is 0 Å². The Hall–Kier alpha value is -0.160. The van der Waals surface area contributed by atoms with E-state index in [-0.39, 0.29) is 18.2 Å². The second kappa shape index (κ2) is 5.66. The molecule has 0 bridgehead atoms. The van der Waals surface area contributed by atoms with Gasteiger partial charge >= 0.3 is 0 Å². The van der Waals surface area contributed by atoms with Crippen molar-refractivity contribution < 1.29 is 9.84 Å². The molecule has 0 amide bonds. The molecule has 0 saturated carbocycles. The molecular weight excluding hydrogens is 180 g/mol. The summed E-state index contributed by atoms with van der Waals surface area (Å²) in [7, 11) is 1.93. The second-order valence-electron chi connectivity index (χ2n) is 4.03. The first-order chi connectivity index (χ1) is 6.65. The molecule has 0 aromatic heterocycles. The summed E-state index contributed by atoms with van der Waals surface area (Å²) in [5, 5.41) is 12.6. The van der Waals surface area contributed by atoms with Crippen molar-refractivity contribution >= 4 is 0 Å². The molecule has 0 aliphatic carbocycles. The van der Waals surface area contributed by atoms with Crippen LogP contribution in [0.1, 0.15) is 13.8 Å². The highest BCUT2D eigenvalue weighted by atomic mass is 16.5. The molecule has 0 spiro atoms. The molecule has 4 nitrogen and oxygen atoms in total. The molecule has 1 fully saturated rings. The van der Waals surface area contributed by atoms with Crippen LogP contribution in [0.3, 0.4) is 0 Å². The molecule has 1 saturated heterocycles. The van der Waals surface area contributed by atoms with E-state index in [0.717, 1.165) is 26.2 Å². The zero-order valence-corrected chi connectivity index (χ0v) is 9.36. The van der Waals surface area contributed by atoms with Crippen molar-refractivity contribution in [3.63, 3.8) is 0 Å². The third kappa shape index (κ3) is 3.20. The summed E-state index contributed by atoms with van der Waals surface area (Å²) in [4.78, 5) is 2.29. The van der Waals surface area contributed by atoms with E-state index in [0.29, 0.717) is 0 Å². The summed E-state index contributed by atoms with van der Waals surface area (Å²) in [6.07, 6.45) is -0.0155. The van der Waals surface area contributed by atoms with Gasteiger partial charge in [-0.15, -0.1) is 0 Å². The Kier molecular flexibility index (Phi) is 4.81. The zero-order valence-electron chi connectivity index (χ0n) is 9.36. The van der Waals surface area contributed by atoms with Gasteiger partial charge in [-0.1, -0.05) is 0 Å². The van der Waals surface area contributed by atoms with Gasteiger partial charge in [-0.05, 0) is 20.9 Å². The third-order valence-corrected chi connectivity index (χ3v) is 2.88. The lowest BCUT2D eigenvalue weighted by molar-refractivity contribution is -0.0564. The van der Waals surface area contributed by atoms with Gasteiger partial charge in [0.15, 0.2) is 0 Å². The fraction of sp³-hybridized carbons (Fsp3) is 1.00. The molecular formula is C10H22N2O2. The van der Waals surface area contributed by atoms with Crippen molar-refractivity contribution in [3.05, 3.63) is 0 Å². The number of nitrogens with one attached hydrogen (secondary N) is 1. The number of morpholine rings is 1. The summed E-state index contributed by atoms with van der Waals surface area (Å²) >= 11 is 0. The van der Waals surface area contributed by atoms with E-state index in [1.165, 1.54) is 0 Å². The fourth-order valence-electron chi connectivity index (χ4n) is 1.77. The predicted octanol–water partition coefficient (Wildman–Crippen LogP) is -0.324. The molecule has 1 heterocycles. The van der Waals surface area contributed by atoms with Crippen LogP contribution >= 0.6 is 0 Å². The maximum absolute atomic E-state index is 9.49. The van der Waals surface area contributed by atoms with Crippen LogP contribution in [-0.4, -0.2) is 61.5 Å². The van der Waals surface area contributed by atoms with Gasteiger partial charge in [0.1, 0.15) is 0 Å². The number of ether oxygens (including phenoxy) is 1. The monoisotopic (exact) mass is 202 g/mol. The molecule has 2 N–H and O–H groups in total. The Morgan fingerprint density at radius 3 is 2.86 bits per heavy atom. The standard InChI is InChI=1S/C10H22N2O2/c1-8(9(2)13)12-4-5-14-10(7-12)6-11-3/h8-11,13H,4-7H2,1-3H3. The minimum absolute atomic E-state index is 0.221. The Morgan fingerprint density at radius 2 is 2.29 bits per heavy atom. The number of aliphatic hydroxyl groups excluding tert-OH is 1. The molecule has 14 heavy (non-hydrogen) atoms. The summed E-state index contributed by atoms with van der Waals surface area (Å²) in [6.45, 7) is 7.38. The first-order valence-corrected chi connectivity index (χ1v) is 5.33. The lowest BCUT2D eigenvalue weighted by atomic mass is 10.1. The molecule has 4 heteroatoms. The number of nitrogens with zero attached hydrogens (tertiary/aromatic N) is 1. The van der Waals surface area contributed by atoms with Crippen LogP contribution in [0.5, 0.6) is 0 Å². The lowest BCUT2D eigenvalue weighted by Crippen LogP contribution is -2.52. The van der Waals surface area contributed by atoms with E-state index in [1.807, 2.05) is 14.0 Å². The minimum Gasteiger partial charge on any atom is -0.392 e. The molecule has 3 unspecified atom stereocenters. The molecule has 3 atom stereocenters.